The Hall–Kier alpha value is -1.06. The van der Waals surface area contributed by atoms with E-state index in [2.05, 4.69) is 9.47 Å². The number of cyclic esters (lactones) is 2. The van der Waals surface area contributed by atoms with Crippen LogP contribution in [0.1, 0.15) is 6.92 Å². The van der Waals surface area contributed by atoms with Crippen LogP contribution in [0.15, 0.2) is 0 Å². The molecule has 0 bridgehead atoms. The Kier molecular flexibility index (Phi) is 0.932. The standard InChI is InChI=1S/C4H4O4/c1-2(5)3-7-4(6)8-3/h3H,1H3. The van der Waals surface area contributed by atoms with E-state index in [1.54, 1.807) is 0 Å². The van der Waals surface area contributed by atoms with Gasteiger partial charge in [-0.3, -0.25) is 4.79 Å². The first-order valence-electron chi connectivity index (χ1n) is 2.08. The SMILES string of the molecule is CC(=O)C1OC(=O)O1. The largest absolute Gasteiger partial charge is 0.515 e. The van der Waals surface area contributed by atoms with Crippen molar-refractivity contribution in [3.8, 4) is 0 Å². The van der Waals surface area contributed by atoms with E-state index >= 15 is 0 Å². The van der Waals surface area contributed by atoms with Crippen molar-refractivity contribution in [3.63, 3.8) is 0 Å². The number of carbonyl (C=O) groups excluding carboxylic acids is 2. The summed E-state index contributed by atoms with van der Waals surface area (Å²) in [5.74, 6) is -0.287. The molecule has 0 radical (unpaired) electrons. The van der Waals surface area contributed by atoms with E-state index in [-0.39, 0.29) is 5.78 Å². The lowest BCUT2D eigenvalue weighted by atomic mass is 10.4. The smallest absolute Gasteiger partial charge is 0.386 e. The van der Waals surface area contributed by atoms with Gasteiger partial charge in [0.1, 0.15) is 0 Å². The van der Waals surface area contributed by atoms with E-state index in [4.69, 9.17) is 0 Å². The number of ketones is 1. The minimum Gasteiger partial charge on any atom is -0.386 e. The molecule has 0 spiro atoms. The molecule has 1 aliphatic rings. The van der Waals surface area contributed by atoms with E-state index in [1.807, 2.05) is 0 Å². The Morgan fingerprint density at radius 2 is 2.12 bits per heavy atom. The molecule has 1 rings (SSSR count). The Balaban J connectivity index is 2.35. The molecule has 0 unspecified atom stereocenters. The summed E-state index contributed by atoms with van der Waals surface area (Å²) >= 11 is 0. The average Bonchev–Trinajstić information content (AvgIpc) is 1.57. The monoisotopic (exact) mass is 116 g/mol. The molecule has 8 heavy (non-hydrogen) atoms. The van der Waals surface area contributed by atoms with Gasteiger partial charge in [0, 0.05) is 6.92 Å². The number of hydrogen-bond donors (Lipinski definition) is 0. The summed E-state index contributed by atoms with van der Waals surface area (Å²) in [6, 6.07) is 0. The molecule has 4 nitrogen and oxygen atoms in total. The normalized spacial score (nSPS) is 18.4. The highest BCUT2D eigenvalue weighted by atomic mass is 16.9. The molecular formula is C4H4O4. The summed E-state index contributed by atoms with van der Waals surface area (Å²) in [6.45, 7) is 1.29. The molecule has 0 aliphatic carbocycles. The Labute approximate surface area is 45.4 Å². The number of rotatable bonds is 1. The third-order valence-corrected chi connectivity index (χ3v) is 0.738. The van der Waals surface area contributed by atoms with Crippen LogP contribution in [0.3, 0.4) is 0 Å². The molecule has 4 heteroatoms. The van der Waals surface area contributed by atoms with Gasteiger partial charge in [-0.15, -0.1) is 0 Å². The van der Waals surface area contributed by atoms with Crippen molar-refractivity contribution in [2.45, 2.75) is 13.2 Å². The molecule has 0 saturated carbocycles. The van der Waals surface area contributed by atoms with E-state index in [9.17, 15) is 9.59 Å². The van der Waals surface area contributed by atoms with Crippen molar-refractivity contribution in [1.82, 2.24) is 0 Å². The van der Waals surface area contributed by atoms with Gasteiger partial charge in [0.25, 0.3) is 0 Å². The molecule has 0 aromatic heterocycles. The second kappa shape index (κ2) is 1.47. The fourth-order valence-electron chi connectivity index (χ4n) is 0.350. The van der Waals surface area contributed by atoms with Crippen LogP contribution in [0.5, 0.6) is 0 Å². The minimum absolute atomic E-state index is 0.287. The zero-order valence-corrected chi connectivity index (χ0v) is 4.21. The zero-order chi connectivity index (χ0) is 6.15. The summed E-state index contributed by atoms with van der Waals surface area (Å²) in [7, 11) is 0. The van der Waals surface area contributed by atoms with Crippen LogP contribution in [0.25, 0.3) is 0 Å². The molecule has 1 aliphatic heterocycles. The van der Waals surface area contributed by atoms with Crippen molar-refractivity contribution in [2.24, 2.45) is 0 Å². The van der Waals surface area contributed by atoms with Gasteiger partial charge in [-0.25, -0.2) is 4.79 Å². The molecular weight excluding hydrogens is 112 g/mol. The number of hydrogen-bond acceptors (Lipinski definition) is 4. The van der Waals surface area contributed by atoms with Gasteiger partial charge in [-0.2, -0.15) is 0 Å². The lowest BCUT2D eigenvalue weighted by molar-refractivity contribution is -0.189. The van der Waals surface area contributed by atoms with Crippen molar-refractivity contribution < 1.29 is 19.1 Å². The lowest BCUT2D eigenvalue weighted by Crippen LogP contribution is -2.40. The number of ether oxygens (including phenoxy) is 2. The van der Waals surface area contributed by atoms with Gasteiger partial charge in [0.2, 0.25) is 5.78 Å². The number of Topliss-reactive ketones (excluding diaryl/α,β-unsaturated/α-hetero) is 1. The summed E-state index contributed by atoms with van der Waals surface area (Å²) in [5.41, 5.74) is 0. The Bertz CT molecular complexity index is 131. The third-order valence-electron chi connectivity index (χ3n) is 0.738. The maximum atomic E-state index is 10.2. The summed E-state index contributed by atoms with van der Waals surface area (Å²) < 4.78 is 8.38. The van der Waals surface area contributed by atoms with Crippen LogP contribution >= 0.6 is 0 Å². The molecule has 1 fully saturated rings. The lowest BCUT2D eigenvalue weighted by Gasteiger charge is -2.22. The highest BCUT2D eigenvalue weighted by molar-refractivity contribution is 5.85. The van der Waals surface area contributed by atoms with Gasteiger partial charge >= 0.3 is 12.4 Å². The van der Waals surface area contributed by atoms with Crippen LogP contribution in [-0.4, -0.2) is 18.2 Å². The Morgan fingerprint density at radius 1 is 1.62 bits per heavy atom. The molecule has 0 amide bonds. The predicted octanol–water partition coefficient (Wildman–Crippen LogP) is 0.0683. The summed E-state index contributed by atoms with van der Waals surface area (Å²) in [5, 5.41) is 0. The molecule has 1 heterocycles. The van der Waals surface area contributed by atoms with Crippen LogP contribution in [0.4, 0.5) is 4.79 Å². The predicted molar refractivity (Wildman–Crippen MR) is 22.0 cm³/mol. The molecule has 0 aromatic carbocycles. The molecule has 0 atom stereocenters. The van der Waals surface area contributed by atoms with Crippen molar-refractivity contribution >= 4 is 11.9 Å². The van der Waals surface area contributed by atoms with E-state index in [0.717, 1.165) is 0 Å². The van der Waals surface area contributed by atoms with Crippen LogP contribution in [0.2, 0.25) is 0 Å². The molecule has 1 saturated heterocycles. The van der Waals surface area contributed by atoms with Crippen LogP contribution < -0.4 is 0 Å². The van der Waals surface area contributed by atoms with Gasteiger partial charge < -0.3 is 9.47 Å². The van der Waals surface area contributed by atoms with Crippen molar-refractivity contribution in [3.05, 3.63) is 0 Å². The average molecular weight is 116 g/mol. The fourth-order valence-corrected chi connectivity index (χ4v) is 0.350. The molecule has 0 N–H and O–H groups in total. The first-order chi connectivity index (χ1) is 3.70. The second-order valence-corrected chi connectivity index (χ2v) is 1.43. The zero-order valence-electron chi connectivity index (χ0n) is 4.21. The molecule has 44 valence electrons. The van der Waals surface area contributed by atoms with Gasteiger partial charge in [0.15, 0.2) is 0 Å². The maximum absolute atomic E-state index is 10.2. The minimum atomic E-state index is -0.928. The van der Waals surface area contributed by atoms with E-state index < -0.39 is 12.4 Å². The first kappa shape index (κ1) is 5.08. The molecule has 0 aromatic rings. The van der Waals surface area contributed by atoms with Crippen LogP contribution in [0, 0.1) is 0 Å². The third kappa shape index (κ3) is 0.641. The van der Waals surface area contributed by atoms with Crippen molar-refractivity contribution in [1.29, 1.82) is 0 Å². The highest BCUT2D eigenvalue weighted by Crippen LogP contribution is 2.09. The van der Waals surface area contributed by atoms with Gasteiger partial charge in [-0.05, 0) is 0 Å². The van der Waals surface area contributed by atoms with E-state index in [0.29, 0.717) is 0 Å². The quantitative estimate of drug-likeness (QED) is 0.455. The topological polar surface area (TPSA) is 52.6 Å². The maximum Gasteiger partial charge on any atom is 0.515 e. The fraction of sp³-hybridized carbons (Fsp3) is 0.500. The Morgan fingerprint density at radius 3 is 2.25 bits per heavy atom. The van der Waals surface area contributed by atoms with Gasteiger partial charge in [-0.1, -0.05) is 0 Å². The van der Waals surface area contributed by atoms with Gasteiger partial charge in [0.05, 0.1) is 0 Å². The van der Waals surface area contributed by atoms with Crippen LogP contribution in [-0.2, 0) is 14.3 Å². The second-order valence-electron chi connectivity index (χ2n) is 1.43. The first-order valence-corrected chi connectivity index (χ1v) is 2.08. The highest BCUT2D eigenvalue weighted by Gasteiger charge is 2.33. The van der Waals surface area contributed by atoms with E-state index in [1.165, 1.54) is 6.92 Å². The number of carbonyl (C=O) groups is 2. The summed E-state index contributed by atoms with van der Waals surface area (Å²) in [4.78, 5) is 20.0. The summed E-state index contributed by atoms with van der Waals surface area (Å²) in [6.07, 6.45) is -1.70. The van der Waals surface area contributed by atoms with Crippen molar-refractivity contribution in [2.75, 3.05) is 0 Å².